The van der Waals surface area contributed by atoms with E-state index in [1.54, 1.807) is 24.3 Å². The Balaban J connectivity index is 1.56. The molecule has 0 unspecified atom stereocenters. The van der Waals surface area contributed by atoms with Crippen LogP contribution < -0.4 is 5.32 Å². The van der Waals surface area contributed by atoms with E-state index in [1.807, 2.05) is 0 Å². The number of carbonyl (C=O) groups excluding carboxylic acids is 1. The second-order valence-electron chi connectivity index (χ2n) is 6.42. The summed E-state index contributed by atoms with van der Waals surface area (Å²) in [4.78, 5) is 12.2. The van der Waals surface area contributed by atoms with Gasteiger partial charge in [-0.3, -0.25) is 4.79 Å². The normalized spacial score (nSPS) is 15.0. The van der Waals surface area contributed by atoms with E-state index in [-0.39, 0.29) is 17.0 Å². The van der Waals surface area contributed by atoms with Gasteiger partial charge in [0.2, 0.25) is 10.0 Å². The monoisotopic (exact) mass is 394 g/mol. The minimum absolute atomic E-state index is 0.0837. The van der Waals surface area contributed by atoms with Crippen LogP contribution in [0.1, 0.15) is 28.8 Å². The predicted octanol–water partition coefficient (Wildman–Crippen LogP) is 2.72. The van der Waals surface area contributed by atoms with Crippen LogP contribution >= 0.6 is 0 Å². The van der Waals surface area contributed by atoms with Gasteiger partial charge in [0.15, 0.2) is 0 Å². The Hall–Kier alpha value is -2.32. The molecule has 2 aromatic carbocycles. The molecule has 27 heavy (non-hydrogen) atoms. The van der Waals surface area contributed by atoms with Crippen molar-refractivity contribution in [2.24, 2.45) is 0 Å². The van der Waals surface area contributed by atoms with E-state index in [1.165, 1.54) is 4.31 Å². The molecule has 1 saturated heterocycles. The number of amides is 1. The lowest BCUT2D eigenvalue weighted by molar-refractivity contribution is 0.0953. The predicted molar refractivity (Wildman–Crippen MR) is 96.8 cm³/mol. The molecule has 1 aliphatic rings. The highest BCUT2D eigenvalue weighted by Gasteiger charge is 2.26. The number of nitrogens with one attached hydrogen (secondary N) is 1. The molecule has 2 aromatic rings. The molecule has 0 aromatic heterocycles. The Morgan fingerprint density at radius 3 is 2.19 bits per heavy atom. The largest absolute Gasteiger partial charge is 0.352 e. The Kier molecular flexibility index (Phi) is 5.86. The average Bonchev–Trinajstić information content (AvgIpc) is 3.17. The first-order valence-corrected chi connectivity index (χ1v) is 10.1. The van der Waals surface area contributed by atoms with Crippen LogP contribution in [0.2, 0.25) is 0 Å². The van der Waals surface area contributed by atoms with Gasteiger partial charge in [-0.25, -0.2) is 17.2 Å². The van der Waals surface area contributed by atoms with Crippen LogP contribution in [-0.2, 0) is 16.4 Å². The lowest BCUT2D eigenvalue weighted by Gasteiger charge is -2.15. The molecule has 1 N–H and O–H groups in total. The highest BCUT2D eigenvalue weighted by atomic mass is 32.2. The van der Waals surface area contributed by atoms with E-state index in [0.717, 1.165) is 30.5 Å². The molecule has 0 saturated carbocycles. The third kappa shape index (κ3) is 4.70. The van der Waals surface area contributed by atoms with Crippen molar-refractivity contribution in [1.29, 1.82) is 0 Å². The number of halogens is 2. The van der Waals surface area contributed by atoms with Crippen molar-refractivity contribution < 1.29 is 22.0 Å². The van der Waals surface area contributed by atoms with Gasteiger partial charge < -0.3 is 5.32 Å². The van der Waals surface area contributed by atoms with Gasteiger partial charge in [0.05, 0.1) is 4.90 Å². The van der Waals surface area contributed by atoms with Crippen molar-refractivity contribution in [3.05, 3.63) is 65.2 Å². The second-order valence-corrected chi connectivity index (χ2v) is 8.36. The Morgan fingerprint density at radius 1 is 1.00 bits per heavy atom. The van der Waals surface area contributed by atoms with Crippen LogP contribution in [-0.4, -0.2) is 38.3 Å². The minimum Gasteiger partial charge on any atom is -0.352 e. The highest BCUT2D eigenvalue weighted by Crippen LogP contribution is 2.21. The van der Waals surface area contributed by atoms with Crippen molar-refractivity contribution in [2.75, 3.05) is 19.6 Å². The SMILES string of the molecule is O=C(NCCc1ccc(S(=O)(=O)N2CCCC2)cc1)c1cc(F)cc(F)c1. The van der Waals surface area contributed by atoms with Crippen LogP contribution in [0.15, 0.2) is 47.4 Å². The van der Waals surface area contributed by atoms with Crippen LogP contribution in [0, 0.1) is 11.6 Å². The summed E-state index contributed by atoms with van der Waals surface area (Å²) in [5, 5.41) is 2.59. The summed E-state index contributed by atoms with van der Waals surface area (Å²) in [7, 11) is -3.44. The molecular formula is C19H20F2N2O3S. The molecule has 3 rings (SSSR count). The summed E-state index contributed by atoms with van der Waals surface area (Å²) in [5.74, 6) is -2.19. The van der Waals surface area contributed by atoms with E-state index in [2.05, 4.69) is 5.32 Å². The van der Waals surface area contributed by atoms with Gasteiger partial charge >= 0.3 is 0 Å². The summed E-state index contributed by atoms with van der Waals surface area (Å²) < 4.78 is 52.7. The van der Waals surface area contributed by atoms with Crippen LogP contribution in [0.5, 0.6) is 0 Å². The zero-order valence-electron chi connectivity index (χ0n) is 14.6. The maximum Gasteiger partial charge on any atom is 0.251 e. The second kappa shape index (κ2) is 8.14. The molecule has 1 heterocycles. The number of benzene rings is 2. The Labute approximate surface area is 157 Å². The lowest BCUT2D eigenvalue weighted by Crippen LogP contribution is -2.28. The van der Waals surface area contributed by atoms with Crippen LogP contribution in [0.3, 0.4) is 0 Å². The first-order chi connectivity index (χ1) is 12.9. The molecule has 5 nitrogen and oxygen atoms in total. The van der Waals surface area contributed by atoms with Crippen molar-refractivity contribution in [2.45, 2.75) is 24.2 Å². The van der Waals surface area contributed by atoms with Gasteiger partial charge in [-0.1, -0.05) is 12.1 Å². The number of rotatable bonds is 6. The maximum absolute atomic E-state index is 13.1. The van der Waals surface area contributed by atoms with E-state index in [4.69, 9.17) is 0 Å². The highest BCUT2D eigenvalue weighted by molar-refractivity contribution is 7.89. The van der Waals surface area contributed by atoms with Crippen molar-refractivity contribution in [1.82, 2.24) is 9.62 Å². The molecule has 1 fully saturated rings. The quantitative estimate of drug-likeness (QED) is 0.819. The van der Waals surface area contributed by atoms with Gasteiger partial charge in [0, 0.05) is 31.3 Å². The third-order valence-electron chi connectivity index (χ3n) is 4.45. The fourth-order valence-corrected chi connectivity index (χ4v) is 4.53. The maximum atomic E-state index is 13.1. The minimum atomic E-state index is -3.44. The first-order valence-electron chi connectivity index (χ1n) is 8.70. The lowest BCUT2D eigenvalue weighted by atomic mass is 10.1. The number of carbonyl (C=O) groups is 1. The molecule has 144 valence electrons. The van der Waals surface area contributed by atoms with Crippen molar-refractivity contribution in [3.8, 4) is 0 Å². The number of sulfonamides is 1. The van der Waals surface area contributed by atoms with Gasteiger partial charge in [0.25, 0.3) is 5.91 Å². The number of nitrogens with zero attached hydrogens (tertiary/aromatic N) is 1. The van der Waals surface area contributed by atoms with Gasteiger partial charge in [0.1, 0.15) is 11.6 Å². The fraction of sp³-hybridized carbons (Fsp3) is 0.316. The van der Waals surface area contributed by atoms with Crippen molar-refractivity contribution in [3.63, 3.8) is 0 Å². The zero-order chi connectivity index (χ0) is 19.4. The van der Waals surface area contributed by atoms with Crippen LogP contribution in [0.25, 0.3) is 0 Å². The average molecular weight is 394 g/mol. The molecule has 1 amide bonds. The van der Waals surface area contributed by atoms with Crippen molar-refractivity contribution >= 4 is 15.9 Å². The van der Waals surface area contributed by atoms with Gasteiger partial charge in [-0.2, -0.15) is 4.31 Å². The molecule has 0 bridgehead atoms. The van der Waals surface area contributed by atoms with E-state index >= 15 is 0 Å². The number of hydrogen-bond donors (Lipinski definition) is 1. The Morgan fingerprint density at radius 2 is 1.59 bits per heavy atom. The number of hydrogen-bond acceptors (Lipinski definition) is 3. The zero-order valence-corrected chi connectivity index (χ0v) is 15.4. The van der Waals surface area contributed by atoms with E-state index in [9.17, 15) is 22.0 Å². The smallest absolute Gasteiger partial charge is 0.251 e. The van der Waals surface area contributed by atoms with E-state index < -0.39 is 27.6 Å². The summed E-state index contributed by atoms with van der Waals surface area (Å²) in [6.45, 7) is 1.36. The first kappa shape index (κ1) is 19.4. The van der Waals surface area contributed by atoms with Gasteiger partial charge in [-0.05, 0) is 49.1 Å². The third-order valence-corrected chi connectivity index (χ3v) is 6.36. The molecule has 8 heteroatoms. The fourth-order valence-electron chi connectivity index (χ4n) is 3.01. The van der Waals surface area contributed by atoms with E-state index in [0.29, 0.717) is 25.6 Å². The summed E-state index contributed by atoms with van der Waals surface area (Å²) in [6, 6.07) is 9.18. The summed E-state index contributed by atoms with van der Waals surface area (Å²) in [6.07, 6.45) is 2.23. The molecule has 0 spiro atoms. The molecular weight excluding hydrogens is 374 g/mol. The van der Waals surface area contributed by atoms with Crippen LogP contribution in [0.4, 0.5) is 8.78 Å². The summed E-state index contributed by atoms with van der Waals surface area (Å²) >= 11 is 0. The Bertz CT molecular complexity index is 904. The molecule has 1 aliphatic heterocycles. The topological polar surface area (TPSA) is 66.5 Å². The molecule has 0 atom stereocenters. The molecule has 0 aliphatic carbocycles. The molecule has 0 radical (unpaired) electrons. The van der Waals surface area contributed by atoms with Gasteiger partial charge in [-0.15, -0.1) is 0 Å². The summed E-state index contributed by atoms with van der Waals surface area (Å²) in [5.41, 5.74) is 0.764. The standard InChI is InChI=1S/C19H20F2N2O3S/c20-16-11-15(12-17(21)13-16)19(24)22-8-7-14-3-5-18(6-4-14)27(25,26)23-9-1-2-10-23/h3-6,11-13H,1-2,7-10H2,(H,22,24).